The van der Waals surface area contributed by atoms with E-state index in [0.717, 1.165) is 36.4 Å². The molecule has 0 radical (unpaired) electrons. The van der Waals surface area contributed by atoms with Crippen molar-refractivity contribution in [3.05, 3.63) is 47.5 Å². The Kier molecular flexibility index (Phi) is 30.1. The van der Waals surface area contributed by atoms with Crippen LogP contribution in [0.2, 0.25) is 0 Å². The Morgan fingerprint density at radius 1 is 0.557 bits per heavy atom. The van der Waals surface area contributed by atoms with E-state index < -0.39 is 100 Å². The SMILES string of the molecule is CN(CCC(O)CO)c1nc(NCCS(=O)(=O)[O-])nc(Nc2ccc(C=Cc3ccc(Nc4nc(NCCS(=O)(=O)[O-])nc(N(C)CCC(O)CO)n4)cc3S(=O)(=O)[O-])c(S(=O)(=O)[O-])c2)n1.[Na+].[Na+].[Na+].[Na+]. The van der Waals surface area contributed by atoms with Crippen molar-refractivity contribution in [3.8, 4) is 0 Å². The summed E-state index contributed by atoms with van der Waals surface area (Å²) in [7, 11) is -16.8. The number of aliphatic hydroxyl groups is 4. The van der Waals surface area contributed by atoms with Crippen LogP contribution in [0, 0.1) is 0 Å². The van der Waals surface area contributed by atoms with Gasteiger partial charge in [0.05, 0.1) is 67.0 Å². The summed E-state index contributed by atoms with van der Waals surface area (Å²) in [5, 5.41) is 48.4. The Balaban J connectivity index is 0.0000119. The third kappa shape index (κ3) is 23.8. The molecule has 0 aliphatic rings. The Labute approximate surface area is 492 Å². The van der Waals surface area contributed by atoms with Crippen LogP contribution in [0.15, 0.2) is 46.2 Å². The molecule has 0 bridgehead atoms. The Morgan fingerprint density at radius 3 is 1.19 bits per heavy atom. The smallest absolute Gasteiger partial charge is 0.748 e. The van der Waals surface area contributed by atoms with Crippen molar-refractivity contribution >= 4 is 99.7 Å². The minimum atomic E-state index is -5.27. The fraction of sp³-hybridized carbons (Fsp3) is 0.412. The molecule has 36 heteroatoms. The maximum absolute atomic E-state index is 12.5. The number of rotatable bonds is 26. The summed E-state index contributed by atoms with van der Waals surface area (Å²) in [5.74, 6) is -2.76. The maximum atomic E-state index is 12.5. The van der Waals surface area contributed by atoms with Crippen molar-refractivity contribution in [1.29, 1.82) is 0 Å². The molecule has 4 rings (SSSR count). The van der Waals surface area contributed by atoms with Crippen molar-refractivity contribution in [2.24, 2.45) is 0 Å². The van der Waals surface area contributed by atoms with Crippen LogP contribution in [0.1, 0.15) is 24.0 Å². The van der Waals surface area contributed by atoms with Crippen LogP contribution in [0.5, 0.6) is 0 Å². The molecular weight excluding hydrogens is 1050 g/mol. The predicted molar refractivity (Wildman–Crippen MR) is 232 cm³/mol. The Morgan fingerprint density at radius 2 is 0.886 bits per heavy atom. The van der Waals surface area contributed by atoms with Crippen LogP contribution in [0.25, 0.3) is 12.2 Å². The molecule has 70 heavy (non-hydrogen) atoms. The van der Waals surface area contributed by atoms with Crippen LogP contribution in [-0.2, 0) is 40.5 Å². The van der Waals surface area contributed by atoms with Gasteiger partial charge in [0.2, 0.25) is 35.7 Å². The van der Waals surface area contributed by atoms with Gasteiger partial charge < -0.3 is 69.7 Å². The summed E-state index contributed by atoms with van der Waals surface area (Å²) in [6.07, 6.45) is 0.104. The molecule has 0 saturated heterocycles. The van der Waals surface area contributed by atoms with Gasteiger partial charge in [-0.25, -0.2) is 33.7 Å². The summed E-state index contributed by atoms with van der Waals surface area (Å²) in [6, 6.07) is 6.69. The summed E-state index contributed by atoms with van der Waals surface area (Å²) in [5.41, 5.74) is -0.671. The first kappa shape index (κ1) is 68.5. The zero-order valence-electron chi connectivity index (χ0n) is 38.7. The largest absolute Gasteiger partial charge is 1.00 e. The van der Waals surface area contributed by atoms with Crippen LogP contribution in [0.4, 0.5) is 47.1 Å². The molecule has 364 valence electrons. The van der Waals surface area contributed by atoms with Gasteiger partial charge in [-0.2, -0.15) is 29.9 Å². The number of hydrogen-bond donors (Lipinski definition) is 8. The van der Waals surface area contributed by atoms with E-state index in [-0.39, 0.29) is 202 Å². The third-order valence-corrected chi connectivity index (χ3v) is 11.9. The summed E-state index contributed by atoms with van der Waals surface area (Å²) >= 11 is 0. The van der Waals surface area contributed by atoms with Crippen molar-refractivity contribution in [2.45, 2.75) is 34.8 Å². The van der Waals surface area contributed by atoms with Crippen LogP contribution >= 0.6 is 0 Å². The zero-order chi connectivity index (χ0) is 49.0. The van der Waals surface area contributed by atoms with Gasteiger partial charge in [0.1, 0.15) is 20.2 Å². The fourth-order valence-corrected chi connectivity index (χ4v) is 7.45. The molecule has 0 amide bonds. The number of benzene rings is 2. The van der Waals surface area contributed by atoms with Crippen LogP contribution < -0.4 is 149 Å². The molecule has 0 spiro atoms. The van der Waals surface area contributed by atoms with Crippen molar-refractivity contribution in [2.75, 3.05) is 96.1 Å². The summed E-state index contributed by atoms with van der Waals surface area (Å²) in [4.78, 5) is 26.2. The first-order valence-electron chi connectivity index (χ1n) is 19.0. The van der Waals surface area contributed by atoms with Gasteiger partial charge in [0, 0.05) is 51.6 Å². The van der Waals surface area contributed by atoms with E-state index >= 15 is 0 Å². The number of anilines is 8. The molecule has 2 unspecified atom stereocenters. The normalized spacial score (nSPS) is 12.5. The average molecular weight is 1100 g/mol. The van der Waals surface area contributed by atoms with E-state index in [4.69, 9.17) is 10.2 Å². The summed E-state index contributed by atoms with van der Waals surface area (Å²) in [6.45, 7) is -1.65. The molecular formula is C34H44N12Na4O16S4. The van der Waals surface area contributed by atoms with Gasteiger partial charge in [0.25, 0.3) is 0 Å². The zero-order valence-corrected chi connectivity index (χ0v) is 50.0. The fourth-order valence-electron chi connectivity index (χ4n) is 5.35. The standard InChI is InChI=1S/C34H48N12O16S4.4Na/c1-45(13-9-25(49)19-47)33-41-29(35-11-15-63(51,52)53)39-31(43-33)37-23-7-5-21(27(17-23)65(57,58)59)3-4-22-6-8-24(18-28(22)66(60,61)62)38-32-40-30(36-12-16-64(54,55)56)42-34(44-32)46(2)14-10-26(50)20-48;;;;/h3-8,17-18,25-26,47-50H,9-16,19-20H2,1-2H3,(H,51,52,53)(H,54,55,56)(H,57,58,59)(H,60,61,62)(H2,35,37,39,41,43)(H2,36,38,40,42,44);;;;/q;4*+1/p-4. The first-order valence-corrected chi connectivity index (χ1v) is 25.0. The molecule has 2 atom stereocenters. The molecule has 28 nitrogen and oxygen atoms in total. The molecule has 2 aromatic heterocycles. The number of hydrogen-bond acceptors (Lipinski definition) is 28. The van der Waals surface area contributed by atoms with E-state index in [9.17, 15) is 62.1 Å². The van der Waals surface area contributed by atoms with Gasteiger partial charge in [0.15, 0.2) is 0 Å². The van der Waals surface area contributed by atoms with Crippen molar-refractivity contribution < 1.29 is 191 Å². The molecule has 4 aromatic rings. The van der Waals surface area contributed by atoms with Gasteiger partial charge in [-0.1, -0.05) is 24.3 Å². The molecule has 8 N–H and O–H groups in total. The average Bonchev–Trinajstić information content (AvgIpc) is 3.22. The molecule has 0 aliphatic heterocycles. The second-order valence-electron chi connectivity index (χ2n) is 14.0. The molecule has 2 heterocycles. The number of aliphatic hydroxyl groups excluding tert-OH is 4. The second kappa shape index (κ2) is 30.8. The van der Waals surface area contributed by atoms with Crippen LogP contribution in [0.3, 0.4) is 0 Å². The Bertz CT molecular complexity index is 2640. The Hall–Kier alpha value is -1.52. The quantitative estimate of drug-likeness (QED) is 0.0164. The van der Waals surface area contributed by atoms with Gasteiger partial charge in [-0.05, 0) is 48.2 Å². The third-order valence-electron chi connectivity index (χ3n) is 8.74. The molecule has 0 saturated carbocycles. The van der Waals surface area contributed by atoms with Crippen LogP contribution in [-0.4, -0.2) is 179 Å². The second-order valence-corrected chi connectivity index (χ2v) is 19.8. The minimum Gasteiger partial charge on any atom is -0.748 e. The van der Waals surface area contributed by atoms with E-state index in [1.54, 1.807) is 0 Å². The minimum absolute atomic E-state index is 0. The van der Waals surface area contributed by atoms with Crippen molar-refractivity contribution in [3.63, 3.8) is 0 Å². The van der Waals surface area contributed by atoms with E-state index in [1.807, 2.05) is 0 Å². The first-order chi connectivity index (χ1) is 30.7. The van der Waals surface area contributed by atoms with Crippen molar-refractivity contribution in [1.82, 2.24) is 29.9 Å². The van der Waals surface area contributed by atoms with Gasteiger partial charge in [-0.3, -0.25) is 0 Å². The van der Waals surface area contributed by atoms with E-state index in [2.05, 4.69) is 51.2 Å². The molecule has 0 fully saturated rings. The summed E-state index contributed by atoms with van der Waals surface area (Å²) < 4.78 is 142. The maximum Gasteiger partial charge on any atom is 1.00 e. The topological polar surface area (TPSA) is 442 Å². The van der Waals surface area contributed by atoms with E-state index in [1.165, 1.54) is 36.0 Å². The predicted octanol–water partition coefficient (Wildman–Crippen LogP) is -14.2. The van der Waals surface area contributed by atoms with Gasteiger partial charge >= 0.3 is 118 Å². The number of nitrogens with one attached hydrogen (secondary N) is 4. The van der Waals surface area contributed by atoms with E-state index in [0.29, 0.717) is 0 Å². The van der Waals surface area contributed by atoms with Gasteiger partial charge in [-0.15, -0.1) is 0 Å². The molecule has 0 aliphatic carbocycles. The monoisotopic (exact) mass is 1100 g/mol. The molecule has 2 aromatic carbocycles. The number of aromatic nitrogens is 6. The number of nitrogens with zero attached hydrogens (tertiary/aromatic N) is 8.